The number of aliphatic hydroxyl groups is 1. The molecule has 0 saturated carbocycles. The van der Waals surface area contributed by atoms with Gasteiger partial charge in [0.15, 0.2) is 0 Å². The van der Waals surface area contributed by atoms with Gasteiger partial charge in [0.2, 0.25) is 0 Å². The van der Waals surface area contributed by atoms with E-state index in [2.05, 4.69) is 46.2 Å². The Kier molecular flexibility index (Phi) is 5.29. The van der Waals surface area contributed by atoms with Gasteiger partial charge in [0.05, 0.1) is 5.60 Å². The average molecular weight is 300 g/mol. The molecular formula is C19H28N2O. The molecule has 0 aromatic heterocycles. The highest BCUT2D eigenvalue weighted by Crippen LogP contribution is 2.24. The zero-order chi connectivity index (χ0) is 15.3. The first-order valence-corrected chi connectivity index (χ1v) is 8.62. The fraction of sp³-hybridized carbons (Fsp3) is 0.579. The molecule has 22 heavy (non-hydrogen) atoms. The van der Waals surface area contributed by atoms with Crippen LogP contribution in [0.4, 0.5) is 0 Å². The lowest BCUT2D eigenvalue weighted by molar-refractivity contribution is 0.00771. The van der Waals surface area contributed by atoms with Crippen LogP contribution in [0.1, 0.15) is 31.2 Å². The van der Waals surface area contributed by atoms with Crippen LogP contribution < -0.4 is 0 Å². The molecule has 1 N–H and O–H groups in total. The Morgan fingerprint density at radius 2 is 1.77 bits per heavy atom. The zero-order valence-corrected chi connectivity index (χ0v) is 13.5. The first-order valence-electron chi connectivity index (χ1n) is 8.62. The summed E-state index contributed by atoms with van der Waals surface area (Å²) in [5, 5.41) is 10.8. The van der Waals surface area contributed by atoms with Crippen molar-refractivity contribution in [2.24, 2.45) is 0 Å². The summed E-state index contributed by atoms with van der Waals surface area (Å²) < 4.78 is 0. The Morgan fingerprint density at radius 1 is 1.00 bits per heavy atom. The first-order chi connectivity index (χ1) is 10.7. The van der Waals surface area contributed by atoms with Gasteiger partial charge in [-0.25, -0.2) is 0 Å². The maximum absolute atomic E-state index is 10.8. The summed E-state index contributed by atoms with van der Waals surface area (Å²) in [5.41, 5.74) is 0.739. The summed E-state index contributed by atoms with van der Waals surface area (Å²) in [6.45, 7) is 5.92. The third-order valence-corrected chi connectivity index (χ3v) is 4.85. The second-order valence-corrected chi connectivity index (χ2v) is 6.86. The second-order valence-electron chi connectivity index (χ2n) is 6.86. The van der Waals surface area contributed by atoms with Crippen molar-refractivity contribution in [3.8, 4) is 0 Å². The van der Waals surface area contributed by atoms with Crippen LogP contribution in [0.3, 0.4) is 0 Å². The van der Waals surface area contributed by atoms with Crippen molar-refractivity contribution in [2.75, 3.05) is 39.3 Å². The molecule has 1 aromatic carbocycles. The smallest absolute Gasteiger partial charge is 0.0912 e. The third kappa shape index (κ3) is 4.42. The van der Waals surface area contributed by atoms with E-state index < -0.39 is 5.60 Å². The Balaban J connectivity index is 1.46. The van der Waals surface area contributed by atoms with Gasteiger partial charge >= 0.3 is 0 Å². The Hall–Kier alpha value is -1.16. The monoisotopic (exact) mass is 300 g/mol. The Bertz CT molecular complexity index is 481. The van der Waals surface area contributed by atoms with Crippen LogP contribution in [-0.2, 0) is 0 Å². The number of benzene rings is 1. The number of hydrogen-bond acceptors (Lipinski definition) is 3. The number of rotatable bonds is 5. The minimum atomic E-state index is -0.502. The van der Waals surface area contributed by atoms with Crippen molar-refractivity contribution in [1.29, 1.82) is 0 Å². The van der Waals surface area contributed by atoms with E-state index in [-0.39, 0.29) is 0 Å². The van der Waals surface area contributed by atoms with E-state index in [4.69, 9.17) is 0 Å². The maximum atomic E-state index is 10.8. The van der Waals surface area contributed by atoms with E-state index in [1.165, 1.54) is 24.8 Å². The first kappa shape index (κ1) is 15.7. The fourth-order valence-corrected chi connectivity index (χ4v) is 3.66. The van der Waals surface area contributed by atoms with E-state index in [9.17, 15) is 5.11 Å². The van der Waals surface area contributed by atoms with E-state index in [1.807, 2.05) is 6.07 Å². The molecule has 0 spiro atoms. The second kappa shape index (κ2) is 7.40. The van der Waals surface area contributed by atoms with Gasteiger partial charge in [0.1, 0.15) is 0 Å². The SMILES string of the molecule is OC1(CN2CCCCC2)CCN(C/C=C/c2ccccc2)C1. The topological polar surface area (TPSA) is 26.7 Å². The van der Waals surface area contributed by atoms with Crippen LogP contribution in [-0.4, -0.2) is 59.8 Å². The molecule has 120 valence electrons. The van der Waals surface area contributed by atoms with Crippen LogP contribution in [0, 0.1) is 0 Å². The lowest BCUT2D eigenvalue weighted by Crippen LogP contribution is -2.46. The molecule has 2 saturated heterocycles. The van der Waals surface area contributed by atoms with Gasteiger partial charge in [-0.15, -0.1) is 0 Å². The Labute approximate surface area is 134 Å². The number of hydrogen-bond donors (Lipinski definition) is 1. The summed E-state index contributed by atoms with van der Waals surface area (Å²) in [4.78, 5) is 4.82. The van der Waals surface area contributed by atoms with Crippen molar-refractivity contribution in [3.63, 3.8) is 0 Å². The van der Waals surface area contributed by atoms with Crippen molar-refractivity contribution >= 4 is 6.08 Å². The number of nitrogens with zero attached hydrogens (tertiary/aromatic N) is 2. The highest BCUT2D eigenvalue weighted by Gasteiger charge is 2.37. The maximum Gasteiger partial charge on any atom is 0.0912 e. The third-order valence-electron chi connectivity index (χ3n) is 4.85. The summed E-state index contributed by atoms with van der Waals surface area (Å²) in [6, 6.07) is 10.4. The molecule has 3 heteroatoms. The molecule has 3 nitrogen and oxygen atoms in total. The molecule has 2 aliphatic rings. The number of β-amino-alcohol motifs (C(OH)–C–C–N with tert-alkyl or cyclic N) is 1. The van der Waals surface area contributed by atoms with E-state index in [0.717, 1.165) is 45.7 Å². The van der Waals surface area contributed by atoms with Gasteiger partial charge in [-0.1, -0.05) is 48.9 Å². The van der Waals surface area contributed by atoms with Gasteiger partial charge in [-0.3, -0.25) is 4.90 Å². The van der Waals surface area contributed by atoms with Crippen molar-refractivity contribution in [2.45, 2.75) is 31.3 Å². The molecule has 3 rings (SSSR count). The predicted octanol–water partition coefficient (Wildman–Crippen LogP) is 2.62. The lowest BCUT2D eigenvalue weighted by atomic mass is 10.0. The van der Waals surface area contributed by atoms with Gasteiger partial charge < -0.3 is 10.0 Å². The summed E-state index contributed by atoms with van der Waals surface area (Å²) in [6.07, 6.45) is 9.22. The van der Waals surface area contributed by atoms with Crippen LogP contribution in [0.25, 0.3) is 6.08 Å². The molecule has 2 aliphatic heterocycles. The van der Waals surface area contributed by atoms with Gasteiger partial charge in [-0.2, -0.15) is 0 Å². The zero-order valence-electron chi connectivity index (χ0n) is 13.5. The predicted molar refractivity (Wildman–Crippen MR) is 91.8 cm³/mol. The van der Waals surface area contributed by atoms with E-state index >= 15 is 0 Å². The quantitative estimate of drug-likeness (QED) is 0.905. The standard InChI is InChI=1S/C19H28N2O/c22-19(16-20-12-5-2-6-13-20)11-15-21(17-19)14-7-10-18-8-3-1-4-9-18/h1,3-4,7-10,22H,2,5-6,11-17H2/b10-7+. The summed E-state index contributed by atoms with van der Waals surface area (Å²) in [7, 11) is 0. The van der Waals surface area contributed by atoms with E-state index in [1.54, 1.807) is 0 Å². The molecule has 0 radical (unpaired) electrons. The molecule has 1 aromatic rings. The van der Waals surface area contributed by atoms with Crippen LogP contribution >= 0.6 is 0 Å². The molecule has 2 fully saturated rings. The van der Waals surface area contributed by atoms with Gasteiger partial charge in [-0.05, 0) is 37.9 Å². The molecule has 0 bridgehead atoms. The van der Waals surface area contributed by atoms with Gasteiger partial charge in [0.25, 0.3) is 0 Å². The minimum absolute atomic E-state index is 0.502. The fourth-order valence-electron chi connectivity index (χ4n) is 3.66. The number of likely N-dealkylation sites (tertiary alicyclic amines) is 2. The number of piperidine rings is 1. The van der Waals surface area contributed by atoms with Crippen LogP contribution in [0.15, 0.2) is 36.4 Å². The molecular weight excluding hydrogens is 272 g/mol. The lowest BCUT2D eigenvalue weighted by Gasteiger charge is -2.33. The summed E-state index contributed by atoms with van der Waals surface area (Å²) in [5.74, 6) is 0. The average Bonchev–Trinajstić information content (AvgIpc) is 2.90. The van der Waals surface area contributed by atoms with Gasteiger partial charge in [0, 0.05) is 26.2 Å². The van der Waals surface area contributed by atoms with E-state index in [0.29, 0.717) is 0 Å². The highest BCUT2D eigenvalue weighted by molar-refractivity contribution is 5.48. The normalized spacial score (nSPS) is 27.7. The minimum Gasteiger partial charge on any atom is -0.387 e. The van der Waals surface area contributed by atoms with Crippen LogP contribution in [0.5, 0.6) is 0 Å². The molecule has 0 aliphatic carbocycles. The summed E-state index contributed by atoms with van der Waals surface area (Å²) >= 11 is 0. The molecule has 0 amide bonds. The van der Waals surface area contributed by atoms with Crippen molar-refractivity contribution in [1.82, 2.24) is 9.80 Å². The largest absolute Gasteiger partial charge is 0.387 e. The molecule has 2 heterocycles. The molecule has 1 atom stereocenters. The Morgan fingerprint density at radius 3 is 2.55 bits per heavy atom. The molecule has 1 unspecified atom stereocenters. The van der Waals surface area contributed by atoms with Crippen LogP contribution in [0.2, 0.25) is 0 Å². The van der Waals surface area contributed by atoms with Crippen molar-refractivity contribution < 1.29 is 5.11 Å². The highest BCUT2D eigenvalue weighted by atomic mass is 16.3. The van der Waals surface area contributed by atoms with Crippen molar-refractivity contribution in [3.05, 3.63) is 42.0 Å².